The highest BCUT2D eigenvalue weighted by Gasteiger charge is 2.48. The maximum Gasteiger partial charge on any atom is 0.301 e. The lowest BCUT2D eigenvalue weighted by molar-refractivity contribution is -0.132. The minimum atomic E-state index is -0.883. The van der Waals surface area contributed by atoms with Crippen LogP contribution in [0.3, 0.4) is 0 Å². The fourth-order valence-corrected chi connectivity index (χ4v) is 6.37. The van der Waals surface area contributed by atoms with E-state index in [4.69, 9.17) is 16.3 Å². The van der Waals surface area contributed by atoms with Gasteiger partial charge in [-0.1, -0.05) is 81.8 Å². The predicted molar refractivity (Wildman–Crippen MR) is 162 cm³/mol. The maximum absolute atomic E-state index is 13.4. The summed E-state index contributed by atoms with van der Waals surface area (Å²) in [5, 5.41) is 20.8. The van der Waals surface area contributed by atoms with Gasteiger partial charge in [0.15, 0.2) is 4.34 Å². The van der Waals surface area contributed by atoms with Crippen LogP contribution in [0.5, 0.6) is 5.75 Å². The second kappa shape index (κ2) is 12.6. The number of Topliss-reactive ketones (excluding diaryl/α,β-unsaturated/α-hetero) is 1. The summed E-state index contributed by atoms with van der Waals surface area (Å²) in [7, 11) is 0. The normalized spacial score (nSPS) is 16.5. The van der Waals surface area contributed by atoms with E-state index in [0.29, 0.717) is 38.6 Å². The van der Waals surface area contributed by atoms with Crippen molar-refractivity contribution in [3.63, 3.8) is 0 Å². The molecule has 1 amide bonds. The first-order valence-electron chi connectivity index (χ1n) is 12.4. The summed E-state index contributed by atoms with van der Waals surface area (Å²) in [6.07, 6.45) is 0.866. The zero-order valence-electron chi connectivity index (χ0n) is 21.2. The van der Waals surface area contributed by atoms with E-state index < -0.39 is 17.7 Å². The number of halogens is 2. The molecule has 1 fully saturated rings. The van der Waals surface area contributed by atoms with Crippen LogP contribution in [0.25, 0.3) is 5.76 Å². The van der Waals surface area contributed by atoms with E-state index in [0.717, 1.165) is 16.5 Å². The van der Waals surface area contributed by atoms with Crippen LogP contribution in [-0.4, -0.2) is 33.6 Å². The Morgan fingerprint density at radius 1 is 1.05 bits per heavy atom. The summed E-state index contributed by atoms with van der Waals surface area (Å²) < 4.78 is 7.12. The van der Waals surface area contributed by atoms with Crippen LogP contribution >= 0.6 is 50.6 Å². The van der Waals surface area contributed by atoms with Gasteiger partial charge in [0.25, 0.3) is 5.78 Å². The molecule has 1 atom stereocenters. The lowest BCUT2D eigenvalue weighted by Crippen LogP contribution is -2.29. The molecule has 0 bridgehead atoms. The Morgan fingerprint density at radius 2 is 1.75 bits per heavy atom. The van der Waals surface area contributed by atoms with Gasteiger partial charge < -0.3 is 9.84 Å². The fourth-order valence-electron chi connectivity index (χ4n) is 4.16. The molecule has 0 radical (unpaired) electrons. The molecule has 3 aromatic carbocycles. The van der Waals surface area contributed by atoms with Gasteiger partial charge >= 0.3 is 5.91 Å². The number of thioether (sulfide) groups is 1. The Bertz CT molecular complexity index is 1560. The second-order valence-electron chi connectivity index (χ2n) is 8.86. The lowest BCUT2D eigenvalue weighted by atomic mass is 9.95. The van der Waals surface area contributed by atoms with E-state index in [9.17, 15) is 14.7 Å². The molecule has 2 heterocycles. The third kappa shape index (κ3) is 6.10. The molecule has 1 aliphatic rings. The first-order chi connectivity index (χ1) is 19.4. The first kappa shape index (κ1) is 28.4. The van der Waals surface area contributed by atoms with Crippen molar-refractivity contribution < 1.29 is 19.4 Å². The second-order valence-corrected chi connectivity index (χ2v) is 12.4. The van der Waals surface area contributed by atoms with E-state index in [1.165, 1.54) is 28.0 Å². The van der Waals surface area contributed by atoms with Gasteiger partial charge in [-0.25, -0.2) is 0 Å². The largest absolute Gasteiger partial charge is 0.507 e. The Kier molecular flexibility index (Phi) is 8.90. The van der Waals surface area contributed by atoms with Crippen molar-refractivity contribution in [1.29, 1.82) is 0 Å². The summed E-state index contributed by atoms with van der Waals surface area (Å²) >= 11 is 12.1. The zero-order valence-corrected chi connectivity index (χ0v) is 25.2. The summed E-state index contributed by atoms with van der Waals surface area (Å²) in [6, 6.07) is 20.7. The van der Waals surface area contributed by atoms with Gasteiger partial charge in [-0.2, -0.15) is 0 Å². The molecule has 7 nitrogen and oxygen atoms in total. The van der Waals surface area contributed by atoms with Crippen molar-refractivity contribution >= 4 is 73.2 Å². The van der Waals surface area contributed by atoms with Gasteiger partial charge in [-0.3, -0.25) is 14.5 Å². The summed E-state index contributed by atoms with van der Waals surface area (Å²) in [5.74, 6) is -0.540. The standard InChI is InChI=1S/C29H23BrClN3O4S2/c1-2-15-38-22-13-7-19(8-14-22)25(35)23-24(18-5-9-20(30)10-6-18)34(27(37)26(23)36)28-32-33-29(40-28)39-16-17-3-11-21(31)12-4-17/h3-14,24,35H,2,15-16H2,1H3/b25-23-. The Labute approximate surface area is 253 Å². The minimum Gasteiger partial charge on any atom is -0.507 e. The molecule has 5 rings (SSSR count). The molecule has 11 heteroatoms. The molecule has 4 aromatic rings. The average Bonchev–Trinajstić information content (AvgIpc) is 3.54. The number of hydrogen-bond acceptors (Lipinski definition) is 8. The number of ether oxygens (including phenoxy) is 1. The molecule has 0 spiro atoms. The molecule has 1 unspecified atom stereocenters. The van der Waals surface area contributed by atoms with E-state index in [1.807, 2.05) is 43.3 Å². The van der Waals surface area contributed by atoms with Crippen molar-refractivity contribution in [3.8, 4) is 5.75 Å². The Morgan fingerprint density at radius 3 is 2.42 bits per heavy atom. The van der Waals surface area contributed by atoms with Gasteiger partial charge in [-0.05, 0) is 66.1 Å². The van der Waals surface area contributed by atoms with Crippen LogP contribution in [0.1, 0.15) is 36.1 Å². The molecule has 1 aliphatic heterocycles. The van der Waals surface area contributed by atoms with Gasteiger partial charge in [0.2, 0.25) is 5.13 Å². The summed E-state index contributed by atoms with van der Waals surface area (Å²) in [6.45, 7) is 2.59. The van der Waals surface area contributed by atoms with Crippen molar-refractivity contribution in [3.05, 3.63) is 105 Å². The Balaban J connectivity index is 1.49. The van der Waals surface area contributed by atoms with Gasteiger partial charge in [0.05, 0.1) is 18.2 Å². The van der Waals surface area contributed by atoms with E-state index in [1.54, 1.807) is 36.4 Å². The van der Waals surface area contributed by atoms with Crippen LogP contribution < -0.4 is 9.64 Å². The summed E-state index contributed by atoms with van der Waals surface area (Å²) in [4.78, 5) is 28.1. The first-order valence-corrected chi connectivity index (χ1v) is 15.3. The number of hydrogen-bond donors (Lipinski definition) is 1. The van der Waals surface area contributed by atoms with Crippen molar-refractivity contribution in [2.24, 2.45) is 0 Å². The fraction of sp³-hybridized carbons (Fsp3) is 0.172. The van der Waals surface area contributed by atoms with Crippen LogP contribution in [-0.2, 0) is 15.3 Å². The third-order valence-electron chi connectivity index (χ3n) is 6.11. The molecule has 1 N–H and O–H groups in total. The number of aliphatic hydroxyl groups excluding tert-OH is 1. The predicted octanol–water partition coefficient (Wildman–Crippen LogP) is 7.66. The third-order valence-corrected chi connectivity index (χ3v) is 9.02. The van der Waals surface area contributed by atoms with Gasteiger partial charge in [0, 0.05) is 20.8 Å². The monoisotopic (exact) mass is 655 g/mol. The van der Waals surface area contributed by atoms with E-state index in [2.05, 4.69) is 26.1 Å². The molecule has 0 saturated carbocycles. The number of nitrogens with zero attached hydrogens (tertiary/aromatic N) is 3. The molecule has 40 heavy (non-hydrogen) atoms. The van der Waals surface area contributed by atoms with Gasteiger partial charge in [0.1, 0.15) is 11.5 Å². The molecule has 1 aromatic heterocycles. The molecule has 1 saturated heterocycles. The number of aliphatic hydroxyl groups is 1. The number of carbonyl (C=O) groups is 2. The quantitative estimate of drug-likeness (QED) is 0.0650. The van der Waals surface area contributed by atoms with E-state index in [-0.39, 0.29) is 16.5 Å². The number of ketones is 1. The number of aromatic nitrogens is 2. The SMILES string of the molecule is CCCOc1ccc(/C(O)=C2/C(=O)C(=O)N(c3nnc(SCc4ccc(Cl)cc4)s3)C2c2ccc(Br)cc2)cc1. The number of amides is 1. The smallest absolute Gasteiger partial charge is 0.301 e. The lowest BCUT2D eigenvalue weighted by Gasteiger charge is -2.22. The Hall–Kier alpha value is -3.18. The molecule has 0 aliphatic carbocycles. The number of carbonyl (C=O) groups excluding carboxylic acids is 2. The highest BCUT2D eigenvalue weighted by Crippen LogP contribution is 2.44. The van der Waals surface area contributed by atoms with Crippen molar-refractivity contribution in [1.82, 2.24) is 10.2 Å². The highest BCUT2D eigenvalue weighted by atomic mass is 79.9. The molecular formula is C29H23BrClN3O4S2. The average molecular weight is 657 g/mol. The van der Waals surface area contributed by atoms with Crippen LogP contribution in [0.2, 0.25) is 5.02 Å². The summed E-state index contributed by atoms with van der Waals surface area (Å²) in [5.41, 5.74) is 2.10. The molecule has 204 valence electrons. The number of rotatable bonds is 9. The van der Waals surface area contributed by atoms with Crippen molar-refractivity contribution in [2.45, 2.75) is 29.5 Å². The maximum atomic E-state index is 13.4. The topological polar surface area (TPSA) is 92.6 Å². The molecular weight excluding hydrogens is 634 g/mol. The minimum absolute atomic E-state index is 0.0138. The van der Waals surface area contributed by atoms with Crippen LogP contribution in [0, 0.1) is 0 Å². The van der Waals surface area contributed by atoms with Crippen LogP contribution in [0.4, 0.5) is 5.13 Å². The van der Waals surface area contributed by atoms with Gasteiger partial charge in [-0.15, -0.1) is 10.2 Å². The highest BCUT2D eigenvalue weighted by molar-refractivity contribution is 9.10. The van der Waals surface area contributed by atoms with E-state index >= 15 is 0 Å². The zero-order chi connectivity index (χ0) is 28.2. The van der Waals surface area contributed by atoms with Crippen LogP contribution in [0.15, 0.2) is 87.2 Å². The van der Waals surface area contributed by atoms with Crippen molar-refractivity contribution in [2.75, 3.05) is 11.5 Å². The number of anilines is 1. The number of benzene rings is 3.